The molecular formula is C14H17ClO4S. The second-order valence-corrected chi connectivity index (χ2v) is 7.60. The number of carbonyl (C=O) groups excluding carboxylic acids is 1. The number of ether oxygens (including phenoxy) is 1. The van der Waals surface area contributed by atoms with Crippen molar-refractivity contribution in [3.05, 3.63) is 29.8 Å². The van der Waals surface area contributed by atoms with Crippen molar-refractivity contribution in [3.63, 3.8) is 0 Å². The van der Waals surface area contributed by atoms with Crippen LogP contribution < -0.4 is 0 Å². The lowest BCUT2D eigenvalue weighted by Gasteiger charge is -2.05. The number of halogens is 1. The van der Waals surface area contributed by atoms with Crippen molar-refractivity contribution in [2.45, 2.75) is 37.0 Å². The minimum Gasteiger partial charge on any atom is -0.466 e. The van der Waals surface area contributed by atoms with Crippen molar-refractivity contribution < 1.29 is 17.9 Å². The average Bonchev–Trinajstić information content (AvgIpc) is 3.20. The molecule has 2 rings (SSSR count). The molecular weight excluding hydrogens is 300 g/mol. The lowest BCUT2D eigenvalue weighted by atomic mass is 10.1. The molecule has 1 aromatic rings. The molecule has 1 aliphatic rings. The van der Waals surface area contributed by atoms with Crippen molar-refractivity contribution in [1.29, 1.82) is 0 Å². The Balaban J connectivity index is 1.73. The maximum absolute atomic E-state index is 11.5. The van der Waals surface area contributed by atoms with E-state index >= 15 is 0 Å². The zero-order valence-corrected chi connectivity index (χ0v) is 12.6. The smallest absolute Gasteiger partial charge is 0.306 e. The lowest BCUT2D eigenvalue weighted by Crippen LogP contribution is -2.07. The number of aryl methyl sites for hydroxylation is 1. The molecule has 6 heteroatoms. The first-order valence-electron chi connectivity index (χ1n) is 6.64. The van der Waals surface area contributed by atoms with E-state index < -0.39 is 9.05 Å². The molecule has 0 N–H and O–H groups in total. The van der Waals surface area contributed by atoms with Crippen molar-refractivity contribution >= 4 is 25.7 Å². The van der Waals surface area contributed by atoms with E-state index in [2.05, 4.69) is 0 Å². The Morgan fingerprint density at radius 3 is 2.45 bits per heavy atom. The SMILES string of the molecule is O=C(CCc1ccc(S(=O)(=O)Cl)cc1)OCCC1CC1. The summed E-state index contributed by atoms with van der Waals surface area (Å²) in [5.74, 6) is 0.549. The van der Waals surface area contributed by atoms with Crippen molar-refractivity contribution in [1.82, 2.24) is 0 Å². The van der Waals surface area contributed by atoms with Gasteiger partial charge in [-0.3, -0.25) is 4.79 Å². The van der Waals surface area contributed by atoms with Crippen LogP contribution in [0.5, 0.6) is 0 Å². The predicted octanol–water partition coefficient (Wildman–Crippen LogP) is 2.89. The van der Waals surface area contributed by atoms with Gasteiger partial charge in [-0.2, -0.15) is 0 Å². The van der Waals surface area contributed by atoms with E-state index in [4.69, 9.17) is 15.4 Å². The zero-order valence-electron chi connectivity index (χ0n) is 11.0. The van der Waals surface area contributed by atoms with E-state index in [-0.39, 0.29) is 10.9 Å². The standard InChI is InChI=1S/C14H17ClO4S/c15-20(17,18)13-6-3-11(4-7-13)5-8-14(16)19-10-9-12-1-2-12/h3-4,6-7,12H,1-2,5,8-10H2. The van der Waals surface area contributed by atoms with Crippen LogP contribution in [0, 0.1) is 5.92 Å². The van der Waals surface area contributed by atoms with Crippen LogP contribution >= 0.6 is 10.7 Å². The second kappa shape index (κ2) is 6.59. The Labute approximate surface area is 123 Å². The molecule has 0 bridgehead atoms. The topological polar surface area (TPSA) is 60.4 Å². The highest BCUT2D eigenvalue weighted by atomic mass is 35.7. The molecule has 0 spiro atoms. The van der Waals surface area contributed by atoms with Gasteiger partial charge in [0.05, 0.1) is 11.5 Å². The Morgan fingerprint density at radius 1 is 1.25 bits per heavy atom. The van der Waals surface area contributed by atoms with Crippen molar-refractivity contribution in [2.24, 2.45) is 5.92 Å². The summed E-state index contributed by atoms with van der Waals surface area (Å²) < 4.78 is 27.3. The molecule has 1 aliphatic carbocycles. The van der Waals surface area contributed by atoms with Crippen LogP contribution in [0.2, 0.25) is 0 Å². The van der Waals surface area contributed by atoms with E-state index in [0.717, 1.165) is 17.9 Å². The number of esters is 1. The second-order valence-electron chi connectivity index (χ2n) is 5.03. The first-order chi connectivity index (χ1) is 9.45. The fourth-order valence-corrected chi connectivity index (χ4v) is 2.65. The fraction of sp³-hybridized carbons (Fsp3) is 0.500. The third-order valence-corrected chi connectivity index (χ3v) is 4.68. The highest BCUT2D eigenvalue weighted by Gasteiger charge is 2.21. The Kier molecular flexibility index (Phi) is 5.05. The van der Waals surface area contributed by atoms with Gasteiger partial charge >= 0.3 is 5.97 Å². The molecule has 0 aliphatic heterocycles. The monoisotopic (exact) mass is 316 g/mol. The lowest BCUT2D eigenvalue weighted by molar-refractivity contribution is -0.143. The van der Waals surface area contributed by atoms with Gasteiger partial charge in [0, 0.05) is 17.1 Å². The van der Waals surface area contributed by atoms with Gasteiger partial charge in [-0.1, -0.05) is 25.0 Å². The summed E-state index contributed by atoms with van der Waals surface area (Å²) in [6.07, 6.45) is 4.32. The Hall–Kier alpha value is -1.07. The highest BCUT2D eigenvalue weighted by Crippen LogP contribution is 2.32. The summed E-state index contributed by atoms with van der Waals surface area (Å²) in [5.41, 5.74) is 0.883. The molecule has 1 aromatic carbocycles. The zero-order chi connectivity index (χ0) is 14.6. The van der Waals surface area contributed by atoms with E-state index in [1.54, 1.807) is 12.1 Å². The first kappa shape index (κ1) is 15.3. The van der Waals surface area contributed by atoms with Crippen molar-refractivity contribution in [2.75, 3.05) is 6.61 Å². The van der Waals surface area contributed by atoms with Crippen LogP contribution in [0.3, 0.4) is 0 Å². The molecule has 0 atom stereocenters. The van der Waals surface area contributed by atoms with Crippen LogP contribution in [0.4, 0.5) is 0 Å². The van der Waals surface area contributed by atoms with Gasteiger partial charge in [0.1, 0.15) is 0 Å². The van der Waals surface area contributed by atoms with E-state index in [0.29, 0.717) is 19.4 Å². The fourth-order valence-electron chi connectivity index (χ4n) is 1.88. The number of hydrogen-bond donors (Lipinski definition) is 0. The van der Waals surface area contributed by atoms with Crippen LogP contribution in [-0.4, -0.2) is 21.0 Å². The van der Waals surface area contributed by atoms with Crippen molar-refractivity contribution in [3.8, 4) is 0 Å². The summed E-state index contributed by atoms with van der Waals surface area (Å²) in [4.78, 5) is 11.6. The number of rotatable bonds is 7. The molecule has 0 radical (unpaired) electrons. The third-order valence-electron chi connectivity index (χ3n) is 3.31. The summed E-state index contributed by atoms with van der Waals surface area (Å²) in [6.45, 7) is 0.507. The van der Waals surface area contributed by atoms with E-state index in [1.807, 2.05) is 0 Å². The van der Waals surface area contributed by atoms with Crippen LogP contribution in [0.15, 0.2) is 29.2 Å². The normalized spacial score (nSPS) is 15.1. The molecule has 0 unspecified atom stereocenters. The Morgan fingerprint density at radius 2 is 1.90 bits per heavy atom. The number of benzene rings is 1. The highest BCUT2D eigenvalue weighted by molar-refractivity contribution is 8.13. The molecule has 1 fully saturated rings. The van der Waals surface area contributed by atoms with Gasteiger partial charge in [-0.25, -0.2) is 8.42 Å². The Bertz CT molecular complexity index is 561. The minimum atomic E-state index is -3.68. The summed E-state index contributed by atoms with van der Waals surface area (Å²) in [5, 5.41) is 0. The maximum atomic E-state index is 11.5. The predicted molar refractivity (Wildman–Crippen MR) is 76.1 cm³/mol. The maximum Gasteiger partial charge on any atom is 0.306 e. The van der Waals surface area contributed by atoms with Gasteiger partial charge in [0.15, 0.2) is 0 Å². The summed E-state index contributed by atoms with van der Waals surface area (Å²) in [7, 11) is 1.54. The molecule has 0 aromatic heterocycles. The van der Waals surface area contributed by atoms with Gasteiger partial charge in [0.2, 0.25) is 0 Å². The van der Waals surface area contributed by atoms with Gasteiger partial charge in [-0.05, 0) is 36.5 Å². The molecule has 20 heavy (non-hydrogen) atoms. The largest absolute Gasteiger partial charge is 0.466 e. The third kappa shape index (κ3) is 5.13. The minimum absolute atomic E-state index is 0.0647. The molecule has 110 valence electrons. The first-order valence-corrected chi connectivity index (χ1v) is 8.95. The molecule has 0 amide bonds. The van der Waals surface area contributed by atoms with Gasteiger partial charge < -0.3 is 4.74 Å². The van der Waals surface area contributed by atoms with E-state index in [1.165, 1.54) is 25.0 Å². The molecule has 0 heterocycles. The number of carbonyl (C=O) groups is 1. The quantitative estimate of drug-likeness (QED) is 0.573. The van der Waals surface area contributed by atoms with E-state index in [9.17, 15) is 13.2 Å². The summed E-state index contributed by atoms with van der Waals surface area (Å²) in [6, 6.07) is 6.20. The molecule has 1 saturated carbocycles. The van der Waals surface area contributed by atoms with Crippen LogP contribution in [-0.2, 0) is 25.0 Å². The number of hydrogen-bond acceptors (Lipinski definition) is 4. The molecule has 0 saturated heterocycles. The van der Waals surface area contributed by atoms with Crippen LogP contribution in [0.25, 0.3) is 0 Å². The molecule has 4 nitrogen and oxygen atoms in total. The van der Waals surface area contributed by atoms with Gasteiger partial charge in [-0.15, -0.1) is 0 Å². The van der Waals surface area contributed by atoms with Gasteiger partial charge in [0.25, 0.3) is 9.05 Å². The average molecular weight is 317 g/mol. The summed E-state index contributed by atoms with van der Waals surface area (Å²) >= 11 is 0. The van der Waals surface area contributed by atoms with Crippen LogP contribution in [0.1, 0.15) is 31.2 Å².